The smallest absolute Gasteiger partial charge is 0.664 e. The van der Waals surface area contributed by atoms with Crippen LogP contribution in [0.1, 0.15) is 94.6 Å². The fourth-order valence-corrected chi connectivity index (χ4v) is 7.04. The monoisotopic (exact) mass is 602 g/mol. The molecule has 10 heteroatoms. The van der Waals surface area contributed by atoms with Crippen molar-refractivity contribution in [3.05, 3.63) is 83.6 Å². The minimum Gasteiger partial charge on any atom is -0.664 e. The van der Waals surface area contributed by atoms with Crippen molar-refractivity contribution < 1.29 is 24.6 Å². The topological polar surface area (TPSA) is 148 Å². The van der Waals surface area contributed by atoms with Gasteiger partial charge in [-0.2, -0.15) is 11.4 Å². The van der Waals surface area contributed by atoms with E-state index < -0.39 is 29.6 Å². The quantitative estimate of drug-likeness (QED) is 0.322. The predicted octanol–water partition coefficient (Wildman–Crippen LogP) is 3.35. The van der Waals surface area contributed by atoms with Crippen LogP contribution in [0.3, 0.4) is 0 Å². The Balaban J connectivity index is 0.00000384. The minimum absolute atomic E-state index is 0. The number of fused-ring (bicyclic) bond motifs is 7. The second-order valence-electron chi connectivity index (χ2n) is 11.8. The van der Waals surface area contributed by atoms with Gasteiger partial charge in [0.1, 0.15) is 5.92 Å². The molecule has 3 atom stereocenters. The molecule has 2 aliphatic heterocycles. The molecule has 5 heterocycles. The third-order valence-corrected chi connectivity index (χ3v) is 9.46. The van der Waals surface area contributed by atoms with Crippen molar-refractivity contribution >= 4 is 64.6 Å². The second-order valence-corrected chi connectivity index (χ2v) is 11.8. The maximum Gasteiger partial charge on any atom is 2.00 e. The summed E-state index contributed by atoms with van der Waals surface area (Å²) >= 11 is 0. The first-order valence-electron chi connectivity index (χ1n) is 14.8. The van der Waals surface area contributed by atoms with E-state index in [-0.39, 0.29) is 47.4 Å². The SMILES string of the molecule is CCc1c2[n-]c(c1C)/C=C1\[N-]/C(=C3\c4[n-]c(c(C)c4C(=O)[C@@H]3C(=O)O)/C=c3\[n-]/c(c(C)c3CC)=C\2)[C@@H](CCC(=O)O)[C@@H]1C.[Mg+2]. The summed E-state index contributed by atoms with van der Waals surface area (Å²) in [5.74, 6) is -4.82. The van der Waals surface area contributed by atoms with Crippen LogP contribution in [0.15, 0.2) is 11.4 Å². The second kappa shape index (κ2) is 11.6. The van der Waals surface area contributed by atoms with Crippen molar-refractivity contribution in [3.63, 3.8) is 0 Å². The Hall–Kier alpha value is -3.76. The van der Waals surface area contributed by atoms with Gasteiger partial charge in [-0.15, -0.1) is 33.5 Å². The molecule has 224 valence electrons. The maximum atomic E-state index is 13.7. The van der Waals surface area contributed by atoms with Gasteiger partial charge in [-0.25, -0.2) is 0 Å². The van der Waals surface area contributed by atoms with Gasteiger partial charge in [0.05, 0.1) is 0 Å². The Labute approximate surface area is 271 Å². The molecule has 6 rings (SSSR count). The Bertz CT molecular complexity index is 1920. The van der Waals surface area contributed by atoms with Gasteiger partial charge in [0.25, 0.3) is 0 Å². The van der Waals surface area contributed by atoms with E-state index in [9.17, 15) is 24.6 Å². The minimum atomic E-state index is -1.45. The molecule has 0 radical (unpaired) electrons. The molecular weight excluding hydrogens is 569 g/mol. The normalized spacial score (nSPS) is 24.5. The number of Topliss-reactive ketones (excluding diaryl/α,β-unsaturated/α-hetero) is 1. The Morgan fingerprint density at radius 2 is 1.50 bits per heavy atom. The van der Waals surface area contributed by atoms with E-state index in [2.05, 4.69) is 20.8 Å². The molecule has 0 aromatic carbocycles. The van der Waals surface area contributed by atoms with Crippen molar-refractivity contribution in [2.45, 2.75) is 67.2 Å². The Kier molecular flexibility index (Phi) is 8.37. The summed E-state index contributed by atoms with van der Waals surface area (Å²) < 4.78 is 0. The van der Waals surface area contributed by atoms with Crippen molar-refractivity contribution in [2.24, 2.45) is 17.8 Å². The third-order valence-electron chi connectivity index (χ3n) is 9.46. The van der Waals surface area contributed by atoms with Crippen molar-refractivity contribution in [3.8, 4) is 0 Å². The summed E-state index contributed by atoms with van der Waals surface area (Å²) in [5, 5.41) is 26.4. The van der Waals surface area contributed by atoms with E-state index in [0.717, 1.165) is 57.2 Å². The first-order valence-corrected chi connectivity index (χ1v) is 14.8. The van der Waals surface area contributed by atoms with Crippen LogP contribution in [0.25, 0.3) is 29.1 Å². The molecule has 2 N–H and O–H groups in total. The predicted molar refractivity (Wildman–Crippen MR) is 168 cm³/mol. The maximum absolute atomic E-state index is 13.7. The van der Waals surface area contributed by atoms with Crippen molar-refractivity contribution in [1.82, 2.24) is 15.0 Å². The van der Waals surface area contributed by atoms with Gasteiger partial charge < -0.3 is 30.5 Å². The van der Waals surface area contributed by atoms with Gasteiger partial charge in [0.15, 0.2) is 5.78 Å². The van der Waals surface area contributed by atoms with E-state index in [1.807, 2.05) is 32.1 Å². The van der Waals surface area contributed by atoms with Crippen LogP contribution in [0.2, 0.25) is 0 Å². The number of hydrogen-bond donors (Lipinski definition) is 2. The summed E-state index contributed by atoms with van der Waals surface area (Å²) in [6, 6.07) is 0. The zero-order chi connectivity index (χ0) is 30.9. The Morgan fingerprint density at radius 3 is 2.14 bits per heavy atom. The summed E-state index contributed by atoms with van der Waals surface area (Å²) in [5.41, 5.74) is 9.06. The number of aromatic nitrogens is 3. The summed E-state index contributed by atoms with van der Waals surface area (Å²) in [7, 11) is 0. The zero-order valence-corrected chi connectivity index (χ0v) is 27.3. The largest absolute Gasteiger partial charge is 2.00 e. The van der Waals surface area contributed by atoms with Crippen LogP contribution in [0.5, 0.6) is 0 Å². The van der Waals surface area contributed by atoms with Crippen molar-refractivity contribution in [1.29, 1.82) is 0 Å². The van der Waals surface area contributed by atoms with Gasteiger partial charge >= 0.3 is 35.0 Å². The van der Waals surface area contributed by atoms with E-state index in [1.54, 1.807) is 6.92 Å². The molecule has 1 aliphatic carbocycles. The molecule has 44 heavy (non-hydrogen) atoms. The molecule has 9 nitrogen and oxygen atoms in total. The number of allylic oxidation sites excluding steroid dienone is 2. The van der Waals surface area contributed by atoms with Crippen LogP contribution < -0.4 is 25.7 Å². The number of hydrogen-bond acceptors (Lipinski definition) is 3. The number of ketones is 1. The first-order chi connectivity index (χ1) is 20.5. The third kappa shape index (κ3) is 4.79. The van der Waals surface area contributed by atoms with Crippen LogP contribution >= 0.6 is 0 Å². The van der Waals surface area contributed by atoms with Gasteiger partial charge in [-0.1, -0.05) is 72.4 Å². The number of carboxylic acid groups (broad SMARTS) is 2. The van der Waals surface area contributed by atoms with Gasteiger partial charge in [0.2, 0.25) is 0 Å². The van der Waals surface area contributed by atoms with Gasteiger partial charge in [0, 0.05) is 12.0 Å². The summed E-state index contributed by atoms with van der Waals surface area (Å²) in [6.07, 6.45) is 7.50. The fourth-order valence-electron chi connectivity index (χ4n) is 7.04. The van der Waals surface area contributed by atoms with Crippen LogP contribution in [0, 0.1) is 38.5 Å². The molecule has 0 spiro atoms. The number of rotatable bonds is 6. The van der Waals surface area contributed by atoms with Gasteiger partial charge in [-0.3, -0.25) is 14.4 Å². The zero-order valence-electron chi connectivity index (χ0n) is 25.9. The number of carbonyl (C=O) groups excluding carboxylic acids is 1. The van der Waals surface area contributed by atoms with Crippen LogP contribution in [0.4, 0.5) is 0 Å². The fraction of sp³-hybridized carbons (Fsp3) is 0.382. The average Bonchev–Trinajstić information content (AvgIpc) is 3.68. The molecule has 3 aromatic heterocycles. The molecule has 1 saturated heterocycles. The number of carbonyl (C=O) groups is 3. The average molecular weight is 603 g/mol. The Morgan fingerprint density at radius 1 is 0.841 bits per heavy atom. The van der Waals surface area contributed by atoms with E-state index >= 15 is 0 Å². The molecule has 3 aromatic rings. The van der Waals surface area contributed by atoms with Crippen LogP contribution in [-0.4, -0.2) is 51.0 Å². The van der Waals surface area contributed by atoms with E-state index in [0.29, 0.717) is 33.9 Å². The van der Waals surface area contributed by atoms with Gasteiger partial charge in [-0.05, 0) is 51.9 Å². The van der Waals surface area contributed by atoms with E-state index in [1.165, 1.54) is 0 Å². The summed E-state index contributed by atoms with van der Waals surface area (Å²) in [6.45, 7) is 12.0. The van der Waals surface area contributed by atoms with Crippen molar-refractivity contribution in [2.75, 3.05) is 0 Å². The molecule has 3 aliphatic rings. The molecule has 8 bridgehead atoms. The molecular formula is C34H34MgN4O5-2. The summed E-state index contributed by atoms with van der Waals surface area (Å²) in [4.78, 5) is 52.9. The number of nitrogens with zero attached hydrogens (tertiary/aromatic N) is 4. The van der Waals surface area contributed by atoms with Crippen LogP contribution in [-0.2, 0) is 22.4 Å². The molecule has 0 amide bonds. The number of carboxylic acids is 2. The molecule has 0 saturated carbocycles. The molecule has 1 fully saturated rings. The first kappa shape index (κ1) is 31.7. The standard InChI is InChI=1S/C34H36N4O5.Mg/c1-7-18-14(3)21-11-23-16(5)20(9-10-27(39)40)31(37-23)29-30(34(42)43)33(41)28-17(6)24(38-32(28)29)13-26-19(8-2)15(4)22(36-26)12-25(18)35-21;/h11-13,16,20,30H,7-10H2,1-6H3,(H4,37,38,39,40,41,42,43);/q-2;+2/p-2/b22-12-,23-11-,26-13-;/t16-,20-,30+;/m0./s1. The molecule has 0 unspecified atom stereocenters. The number of aliphatic carboxylic acids is 2. The van der Waals surface area contributed by atoms with E-state index in [4.69, 9.17) is 20.3 Å².